The lowest BCUT2D eigenvalue weighted by atomic mass is 10.1. The molecule has 8 heteroatoms. The summed E-state index contributed by atoms with van der Waals surface area (Å²) in [7, 11) is 3.08. The zero-order valence-corrected chi connectivity index (χ0v) is 17.9. The number of benzene rings is 1. The van der Waals surface area contributed by atoms with Gasteiger partial charge in [-0.05, 0) is 18.6 Å². The van der Waals surface area contributed by atoms with Gasteiger partial charge in [0, 0.05) is 20.6 Å². The number of para-hydroxylation sites is 1. The lowest BCUT2D eigenvalue weighted by Gasteiger charge is -2.11. The number of fused-ring (bicyclic) bond motifs is 1. The maximum Gasteiger partial charge on any atom is 0.332 e. The maximum absolute atomic E-state index is 12.8. The van der Waals surface area contributed by atoms with Gasteiger partial charge in [0.05, 0.1) is 5.02 Å². The molecule has 0 aliphatic carbocycles. The molecular formula is C21H27ClN4O3. The van der Waals surface area contributed by atoms with Crippen molar-refractivity contribution in [2.45, 2.75) is 52.0 Å². The maximum atomic E-state index is 12.8. The third kappa shape index (κ3) is 4.40. The summed E-state index contributed by atoms with van der Waals surface area (Å²) >= 11 is 6.23. The number of halogens is 1. The number of rotatable bonds is 9. The van der Waals surface area contributed by atoms with Crippen molar-refractivity contribution in [2.24, 2.45) is 14.1 Å². The highest BCUT2D eigenvalue weighted by molar-refractivity contribution is 6.32. The second-order valence-corrected chi connectivity index (χ2v) is 7.63. The first kappa shape index (κ1) is 21.2. The summed E-state index contributed by atoms with van der Waals surface area (Å²) in [6.45, 7) is 2.77. The van der Waals surface area contributed by atoms with Crippen molar-refractivity contribution in [3.63, 3.8) is 0 Å². The van der Waals surface area contributed by atoms with Gasteiger partial charge in [-0.3, -0.25) is 18.5 Å². The van der Waals surface area contributed by atoms with E-state index in [0.29, 0.717) is 28.5 Å². The Labute approximate surface area is 174 Å². The quantitative estimate of drug-likeness (QED) is 0.487. The fourth-order valence-corrected chi connectivity index (χ4v) is 3.56. The largest absolute Gasteiger partial charge is 0.424 e. The molecule has 3 aromatic rings. The van der Waals surface area contributed by atoms with E-state index in [9.17, 15) is 9.59 Å². The monoisotopic (exact) mass is 418 g/mol. The van der Waals surface area contributed by atoms with Gasteiger partial charge in [0.1, 0.15) is 5.75 Å². The molecule has 0 bridgehead atoms. The summed E-state index contributed by atoms with van der Waals surface area (Å²) in [6.07, 6.45) is 6.74. The van der Waals surface area contributed by atoms with E-state index >= 15 is 0 Å². The molecule has 2 heterocycles. The van der Waals surface area contributed by atoms with E-state index in [2.05, 4.69) is 11.9 Å². The lowest BCUT2D eigenvalue weighted by Crippen LogP contribution is -2.37. The molecule has 0 saturated heterocycles. The smallest absolute Gasteiger partial charge is 0.332 e. The number of hydrogen-bond acceptors (Lipinski definition) is 4. The summed E-state index contributed by atoms with van der Waals surface area (Å²) in [5.74, 6) is 0.454. The molecule has 0 fully saturated rings. The summed E-state index contributed by atoms with van der Waals surface area (Å²) in [5.41, 5.74) is -0.122. The minimum absolute atomic E-state index is 0.264. The van der Waals surface area contributed by atoms with Crippen molar-refractivity contribution >= 4 is 22.8 Å². The standard InChI is InChI=1S/C21H27ClN4O3/c1-4-5-6-7-8-11-14-26-17-18(24(2)21(28)25(3)19(17)27)23-20(26)29-16-13-10-9-12-15(16)22/h9-10,12-13H,4-8,11,14H2,1-3H3. The van der Waals surface area contributed by atoms with Crippen molar-refractivity contribution in [1.82, 2.24) is 18.7 Å². The molecule has 0 aliphatic rings. The molecule has 0 amide bonds. The molecule has 7 nitrogen and oxygen atoms in total. The Morgan fingerprint density at radius 1 is 1.00 bits per heavy atom. The van der Waals surface area contributed by atoms with Crippen LogP contribution in [0.5, 0.6) is 11.8 Å². The number of nitrogens with zero attached hydrogens (tertiary/aromatic N) is 4. The first-order valence-corrected chi connectivity index (χ1v) is 10.4. The average molecular weight is 419 g/mol. The van der Waals surface area contributed by atoms with Crippen LogP contribution >= 0.6 is 11.6 Å². The van der Waals surface area contributed by atoms with Crippen molar-refractivity contribution in [3.8, 4) is 11.8 Å². The molecule has 0 aliphatic heterocycles. The molecule has 0 atom stereocenters. The van der Waals surface area contributed by atoms with Gasteiger partial charge < -0.3 is 4.74 Å². The average Bonchev–Trinajstić information content (AvgIpc) is 3.07. The predicted molar refractivity (Wildman–Crippen MR) is 115 cm³/mol. The van der Waals surface area contributed by atoms with Gasteiger partial charge >= 0.3 is 11.7 Å². The third-order valence-electron chi connectivity index (χ3n) is 5.09. The summed E-state index contributed by atoms with van der Waals surface area (Å²) in [6, 6.07) is 7.37. The molecule has 0 N–H and O–H groups in total. The second-order valence-electron chi connectivity index (χ2n) is 7.22. The number of hydrogen-bond donors (Lipinski definition) is 0. The van der Waals surface area contributed by atoms with Crippen molar-refractivity contribution in [3.05, 3.63) is 50.1 Å². The molecule has 0 saturated carbocycles. The van der Waals surface area contributed by atoms with E-state index in [0.717, 1.165) is 23.8 Å². The van der Waals surface area contributed by atoms with Crippen LogP contribution in [0.15, 0.2) is 33.9 Å². The zero-order valence-electron chi connectivity index (χ0n) is 17.2. The van der Waals surface area contributed by atoms with Crippen molar-refractivity contribution < 1.29 is 4.74 Å². The van der Waals surface area contributed by atoms with E-state index in [1.807, 2.05) is 12.1 Å². The fraction of sp³-hybridized carbons (Fsp3) is 0.476. The van der Waals surface area contributed by atoms with Gasteiger partial charge in [-0.1, -0.05) is 62.8 Å². The van der Waals surface area contributed by atoms with E-state index in [1.165, 1.54) is 30.9 Å². The Morgan fingerprint density at radius 3 is 2.41 bits per heavy atom. The van der Waals surface area contributed by atoms with E-state index in [-0.39, 0.29) is 11.6 Å². The van der Waals surface area contributed by atoms with Crippen LogP contribution in [-0.2, 0) is 20.6 Å². The number of ether oxygens (including phenoxy) is 1. The molecule has 2 aromatic heterocycles. The molecule has 3 rings (SSSR count). The normalized spacial score (nSPS) is 11.3. The topological polar surface area (TPSA) is 71.1 Å². The van der Waals surface area contributed by atoms with Gasteiger partial charge in [-0.25, -0.2) is 4.79 Å². The Bertz CT molecular complexity index is 1110. The van der Waals surface area contributed by atoms with Gasteiger partial charge in [0.15, 0.2) is 11.2 Å². The second kappa shape index (κ2) is 9.31. The van der Waals surface area contributed by atoms with Crippen LogP contribution in [0.3, 0.4) is 0 Å². The van der Waals surface area contributed by atoms with Crippen LogP contribution in [0.25, 0.3) is 11.2 Å². The summed E-state index contributed by atoms with van der Waals surface area (Å²) in [5, 5.41) is 0.451. The highest BCUT2D eigenvalue weighted by atomic mass is 35.5. The Hall–Kier alpha value is -2.54. The summed E-state index contributed by atoms with van der Waals surface area (Å²) in [4.78, 5) is 29.6. The van der Waals surface area contributed by atoms with Crippen LogP contribution < -0.4 is 16.0 Å². The van der Waals surface area contributed by atoms with Crippen LogP contribution in [0, 0.1) is 0 Å². The summed E-state index contributed by atoms with van der Waals surface area (Å²) < 4.78 is 10.2. The van der Waals surface area contributed by atoms with E-state index < -0.39 is 5.69 Å². The molecule has 29 heavy (non-hydrogen) atoms. The first-order valence-electron chi connectivity index (χ1n) is 10.0. The highest BCUT2D eigenvalue weighted by Gasteiger charge is 2.20. The Morgan fingerprint density at radius 2 is 1.69 bits per heavy atom. The number of unbranched alkanes of at least 4 members (excludes halogenated alkanes) is 5. The molecular weight excluding hydrogens is 392 g/mol. The fourth-order valence-electron chi connectivity index (χ4n) is 3.39. The molecule has 156 valence electrons. The van der Waals surface area contributed by atoms with E-state index in [1.54, 1.807) is 23.7 Å². The Balaban J connectivity index is 2.01. The van der Waals surface area contributed by atoms with Crippen LogP contribution in [0.2, 0.25) is 5.02 Å². The minimum Gasteiger partial charge on any atom is -0.424 e. The first-order chi connectivity index (χ1) is 14.0. The number of imidazole rings is 1. The zero-order chi connectivity index (χ0) is 21.0. The highest BCUT2D eigenvalue weighted by Crippen LogP contribution is 2.30. The molecule has 0 spiro atoms. The number of aryl methyl sites for hydroxylation is 2. The van der Waals surface area contributed by atoms with Crippen LogP contribution in [0.1, 0.15) is 45.4 Å². The van der Waals surface area contributed by atoms with Gasteiger partial charge in [-0.15, -0.1) is 0 Å². The molecule has 0 unspecified atom stereocenters. The van der Waals surface area contributed by atoms with E-state index in [4.69, 9.17) is 16.3 Å². The minimum atomic E-state index is -0.420. The van der Waals surface area contributed by atoms with Gasteiger partial charge in [-0.2, -0.15) is 4.98 Å². The van der Waals surface area contributed by atoms with Crippen LogP contribution in [-0.4, -0.2) is 18.7 Å². The van der Waals surface area contributed by atoms with Crippen molar-refractivity contribution in [2.75, 3.05) is 0 Å². The van der Waals surface area contributed by atoms with Crippen LogP contribution in [0.4, 0.5) is 0 Å². The molecule has 0 radical (unpaired) electrons. The number of aromatic nitrogens is 4. The third-order valence-corrected chi connectivity index (χ3v) is 5.40. The predicted octanol–water partition coefficient (Wildman–Crippen LogP) is 4.24. The Kier molecular flexibility index (Phi) is 6.79. The SMILES string of the molecule is CCCCCCCCn1c(Oc2ccccc2Cl)nc2c1c(=O)n(C)c(=O)n2C. The van der Waals surface area contributed by atoms with Gasteiger partial charge in [0.2, 0.25) is 0 Å². The van der Waals surface area contributed by atoms with Gasteiger partial charge in [0.25, 0.3) is 5.56 Å². The lowest BCUT2D eigenvalue weighted by molar-refractivity contribution is 0.408. The molecule has 1 aromatic carbocycles. The van der Waals surface area contributed by atoms with Crippen molar-refractivity contribution in [1.29, 1.82) is 0 Å².